The molecule has 1 amide bonds. The third-order valence-electron chi connectivity index (χ3n) is 6.70. The van der Waals surface area contributed by atoms with Crippen LogP contribution in [-0.2, 0) is 9.59 Å². The number of carboxylic acid groups (broad SMARTS) is 1. The van der Waals surface area contributed by atoms with Gasteiger partial charge in [0.2, 0.25) is 5.91 Å². The average Bonchev–Trinajstić information content (AvgIpc) is 2.75. The summed E-state index contributed by atoms with van der Waals surface area (Å²) in [5.41, 5.74) is -0.293. The number of aliphatic carboxylic acids is 1. The molecule has 3 aliphatic carbocycles. The first-order chi connectivity index (χ1) is 9.57. The zero-order valence-corrected chi connectivity index (χ0v) is 11.9. The van der Waals surface area contributed by atoms with Gasteiger partial charge in [0.15, 0.2) is 0 Å². The lowest BCUT2D eigenvalue weighted by atomic mass is 9.81. The minimum Gasteiger partial charge on any atom is -0.481 e. The Hall–Kier alpha value is -1.06. The molecule has 1 heterocycles. The van der Waals surface area contributed by atoms with Gasteiger partial charge in [-0.3, -0.25) is 9.59 Å². The van der Waals surface area contributed by atoms with E-state index in [9.17, 15) is 14.7 Å². The van der Waals surface area contributed by atoms with E-state index in [4.69, 9.17) is 0 Å². The van der Waals surface area contributed by atoms with E-state index in [1.54, 1.807) is 0 Å². The third-order valence-corrected chi connectivity index (χ3v) is 6.70. The van der Waals surface area contributed by atoms with E-state index in [0.717, 1.165) is 25.7 Å². The van der Waals surface area contributed by atoms with Crippen LogP contribution in [0.5, 0.6) is 0 Å². The van der Waals surface area contributed by atoms with Crippen molar-refractivity contribution in [2.75, 3.05) is 13.1 Å². The molecule has 0 aromatic carbocycles. The number of nitrogens with zero attached hydrogens (tertiary/aromatic N) is 1. The van der Waals surface area contributed by atoms with Crippen molar-refractivity contribution < 1.29 is 14.7 Å². The van der Waals surface area contributed by atoms with Crippen LogP contribution in [0.15, 0.2) is 0 Å². The monoisotopic (exact) mass is 277 g/mol. The summed E-state index contributed by atoms with van der Waals surface area (Å²) in [6.07, 6.45) is 8.77. The topological polar surface area (TPSA) is 57.6 Å². The van der Waals surface area contributed by atoms with Gasteiger partial charge in [0.1, 0.15) is 0 Å². The maximum atomic E-state index is 12.7. The predicted octanol–water partition coefficient (Wildman–Crippen LogP) is 2.28. The molecule has 1 saturated heterocycles. The Morgan fingerprint density at radius 1 is 1.10 bits per heavy atom. The van der Waals surface area contributed by atoms with Gasteiger partial charge in [-0.2, -0.15) is 0 Å². The molecule has 0 radical (unpaired) electrons. The number of carboxylic acids is 1. The van der Waals surface area contributed by atoms with Crippen molar-refractivity contribution >= 4 is 11.9 Å². The van der Waals surface area contributed by atoms with E-state index in [1.165, 1.54) is 25.7 Å². The molecule has 4 nitrogen and oxygen atoms in total. The molecular weight excluding hydrogens is 254 g/mol. The van der Waals surface area contributed by atoms with Crippen LogP contribution < -0.4 is 0 Å². The molecule has 3 atom stereocenters. The van der Waals surface area contributed by atoms with Crippen molar-refractivity contribution in [3.63, 3.8) is 0 Å². The third kappa shape index (κ3) is 1.54. The number of likely N-dealkylation sites (tertiary alicyclic amines) is 1. The molecule has 1 N–H and O–H groups in total. The van der Waals surface area contributed by atoms with E-state index >= 15 is 0 Å². The molecule has 0 bridgehead atoms. The Bertz CT molecular complexity index is 468. The second-order valence-corrected chi connectivity index (χ2v) is 7.60. The number of hydrogen-bond acceptors (Lipinski definition) is 2. The van der Waals surface area contributed by atoms with Crippen LogP contribution in [0.1, 0.15) is 51.4 Å². The molecule has 0 aromatic rings. The highest BCUT2D eigenvalue weighted by Crippen LogP contribution is 2.64. The van der Waals surface area contributed by atoms with Crippen LogP contribution in [0.25, 0.3) is 0 Å². The minimum absolute atomic E-state index is 0.197. The van der Waals surface area contributed by atoms with Crippen LogP contribution in [0.3, 0.4) is 0 Å². The van der Waals surface area contributed by atoms with E-state index < -0.39 is 11.4 Å². The van der Waals surface area contributed by atoms with E-state index in [-0.39, 0.29) is 17.7 Å². The van der Waals surface area contributed by atoms with Gasteiger partial charge >= 0.3 is 5.97 Å². The fraction of sp³-hybridized carbons (Fsp3) is 0.875. The molecule has 20 heavy (non-hydrogen) atoms. The number of carbonyl (C=O) groups is 2. The first-order valence-electron chi connectivity index (χ1n) is 8.10. The van der Waals surface area contributed by atoms with Crippen LogP contribution in [-0.4, -0.2) is 35.0 Å². The summed E-state index contributed by atoms with van der Waals surface area (Å²) in [4.78, 5) is 26.3. The van der Waals surface area contributed by atoms with E-state index in [1.807, 2.05) is 4.90 Å². The smallest absolute Gasteiger partial charge is 0.311 e. The maximum absolute atomic E-state index is 12.7. The first kappa shape index (κ1) is 12.7. The van der Waals surface area contributed by atoms with Crippen molar-refractivity contribution in [3.05, 3.63) is 0 Å². The number of hydrogen-bond donors (Lipinski definition) is 1. The van der Waals surface area contributed by atoms with Gasteiger partial charge in [-0.1, -0.05) is 19.3 Å². The zero-order valence-electron chi connectivity index (χ0n) is 11.9. The summed E-state index contributed by atoms with van der Waals surface area (Å²) in [5, 5.41) is 9.60. The van der Waals surface area contributed by atoms with Gasteiger partial charge in [-0.15, -0.1) is 0 Å². The minimum atomic E-state index is -0.679. The Morgan fingerprint density at radius 3 is 2.50 bits per heavy atom. The van der Waals surface area contributed by atoms with Crippen LogP contribution in [0.4, 0.5) is 0 Å². The lowest BCUT2D eigenvalue weighted by molar-refractivity contribution is -0.149. The maximum Gasteiger partial charge on any atom is 0.311 e. The SMILES string of the molecule is O=C(C1CC12CCCC2)N1C[C@@H]2CCC[C@@]2(C(=O)O)C1. The Labute approximate surface area is 119 Å². The van der Waals surface area contributed by atoms with Crippen LogP contribution in [0, 0.1) is 22.7 Å². The molecule has 110 valence electrons. The molecule has 0 aromatic heterocycles. The highest BCUT2D eigenvalue weighted by molar-refractivity contribution is 5.85. The van der Waals surface area contributed by atoms with Crippen LogP contribution >= 0.6 is 0 Å². The van der Waals surface area contributed by atoms with Gasteiger partial charge in [0.25, 0.3) is 0 Å². The highest BCUT2D eigenvalue weighted by atomic mass is 16.4. The van der Waals surface area contributed by atoms with E-state index in [0.29, 0.717) is 18.5 Å². The standard InChI is InChI=1S/C16H23NO3/c18-13(12-8-15(12)5-1-2-6-15)17-9-11-4-3-7-16(11,10-17)14(19)20/h11-12H,1-10H2,(H,19,20)/t11-,12?,16+/m0/s1. The largest absolute Gasteiger partial charge is 0.481 e. The lowest BCUT2D eigenvalue weighted by Gasteiger charge is -2.23. The normalized spacial score (nSPS) is 41.1. The Kier molecular flexibility index (Phi) is 2.52. The van der Waals surface area contributed by atoms with Gasteiger partial charge in [0, 0.05) is 19.0 Å². The molecule has 4 aliphatic rings. The summed E-state index contributed by atoms with van der Waals surface area (Å²) < 4.78 is 0. The second-order valence-electron chi connectivity index (χ2n) is 7.60. The average molecular weight is 277 g/mol. The lowest BCUT2D eigenvalue weighted by Crippen LogP contribution is -2.38. The van der Waals surface area contributed by atoms with Gasteiger partial charge in [-0.25, -0.2) is 0 Å². The van der Waals surface area contributed by atoms with Crippen molar-refractivity contribution in [1.29, 1.82) is 0 Å². The van der Waals surface area contributed by atoms with Crippen molar-refractivity contribution in [2.45, 2.75) is 51.4 Å². The van der Waals surface area contributed by atoms with Gasteiger partial charge < -0.3 is 10.0 Å². The summed E-state index contributed by atoms with van der Waals surface area (Å²) in [7, 11) is 0. The van der Waals surface area contributed by atoms with E-state index in [2.05, 4.69) is 0 Å². The fourth-order valence-corrected chi connectivity index (χ4v) is 5.36. The summed E-state index contributed by atoms with van der Waals surface area (Å²) in [6, 6.07) is 0. The molecule has 4 rings (SSSR count). The summed E-state index contributed by atoms with van der Waals surface area (Å²) in [5.74, 6) is 0.000464. The summed E-state index contributed by atoms with van der Waals surface area (Å²) >= 11 is 0. The predicted molar refractivity (Wildman–Crippen MR) is 73.0 cm³/mol. The van der Waals surface area contributed by atoms with Gasteiger partial charge in [0.05, 0.1) is 5.41 Å². The van der Waals surface area contributed by atoms with Crippen molar-refractivity contribution in [3.8, 4) is 0 Å². The highest BCUT2D eigenvalue weighted by Gasteiger charge is 2.62. The summed E-state index contributed by atoms with van der Waals surface area (Å²) in [6.45, 7) is 1.16. The Balaban J connectivity index is 1.49. The molecular formula is C16H23NO3. The molecule has 4 heteroatoms. The number of amides is 1. The number of fused-ring (bicyclic) bond motifs is 1. The second kappa shape index (κ2) is 3.99. The molecule has 1 spiro atoms. The van der Waals surface area contributed by atoms with Crippen molar-refractivity contribution in [1.82, 2.24) is 4.90 Å². The molecule has 1 unspecified atom stereocenters. The number of carbonyl (C=O) groups excluding carboxylic acids is 1. The molecule has 3 saturated carbocycles. The first-order valence-corrected chi connectivity index (χ1v) is 8.10. The fourth-order valence-electron chi connectivity index (χ4n) is 5.36. The zero-order chi connectivity index (χ0) is 14.0. The molecule has 1 aliphatic heterocycles. The number of rotatable bonds is 2. The van der Waals surface area contributed by atoms with Gasteiger partial charge in [-0.05, 0) is 43.4 Å². The van der Waals surface area contributed by atoms with Crippen molar-refractivity contribution in [2.24, 2.45) is 22.7 Å². The Morgan fingerprint density at radius 2 is 1.85 bits per heavy atom. The quantitative estimate of drug-likeness (QED) is 0.842. The molecule has 4 fully saturated rings. The van der Waals surface area contributed by atoms with Crippen LogP contribution in [0.2, 0.25) is 0 Å².